The van der Waals surface area contributed by atoms with Gasteiger partial charge in [-0.25, -0.2) is 4.98 Å². The third kappa shape index (κ3) is 2.62. The van der Waals surface area contributed by atoms with Gasteiger partial charge in [-0.1, -0.05) is 18.5 Å². The highest BCUT2D eigenvalue weighted by atomic mass is 79.9. The molecule has 0 unspecified atom stereocenters. The first-order valence-electron chi connectivity index (χ1n) is 4.72. The van der Waals surface area contributed by atoms with Crippen LogP contribution in [-0.4, -0.2) is 24.7 Å². The van der Waals surface area contributed by atoms with Gasteiger partial charge in [-0.15, -0.1) is 0 Å². The van der Waals surface area contributed by atoms with Crippen molar-refractivity contribution < 1.29 is 4.74 Å². The Bertz CT molecular complexity index is 368. The first-order chi connectivity index (χ1) is 7.09. The summed E-state index contributed by atoms with van der Waals surface area (Å²) in [5.74, 6) is 0. The molecule has 0 spiro atoms. The molecule has 3 nitrogen and oxygen atoms in total. The van der Waals surface area contributed by atoms with Crippen LogP contribution in [0.3, 0.4) is 0 Å². The standard InChI is InChI=1S/C10H12BrClN2O/c1-10(5-15-6-10)4-14-8-2-7(11)3-13-9(8)12/h2-3,14H,4-6H2,1H3. The summed E-state index contributed by atoms with van der Waals surface area (Å²) in [6.45, 7) is 4.64. The van der Waals surface area contributed by atoms with Gasteiger partial charge in [0.15, 0.2) is 5.15 Å². The number of aromatic nitrogens is 1. The third-order valence-electron chi connectivity index (χ3n) is 2.41. The van der Waals surface area contributed by atoms with E-state index in [1.165, 1.54) is 0 Å². The molecular formula is C10H12BrClN2O. The molecule has 0 aromatic carbocycles. The van der Waals surface area contributed by atoms with Crippen molar-refractivity contribution in [1.82, 2.24) is 4.98 Å². The van der Waals surface area contributed by atoms with E-state index < -0.39 is 0 Å². The van der Waals surface area contributed by atoms with E-state index in [0.717, 1.165) is 29.9 Å². The minimum absolute atomic E-state index is 0.228. The predicted octanol–water partition coefficient (Wildman–Crippen LogP) is 2.95. The van der Waals surface area contributed by atoms with E-state index in [0.29, 0.717) is 5.15 Å². The Morgan fingerprint density at radius 2 is 2.40 bits per heavy atom. The molecule has 2 rings (SSSR count). The molecule has 82 valence electrons. The fraction of sp³-hybridized carbons (Fsp3) is 0.500. The van der Waals surface area contributed by atoms with Crippen molar-refractivity contribution in [3.8, 4) is 0 Å². The number of hydrogen-bond donors (Lipinski definition) is 1. The Balaban J connectivity index is 2.01. The molecule has 1 aromatic heterocycles. The zero-order valence-electron chi connectivity index (χ0n) is 8.39. The second kappa shape index (κ2) is 4.28. The third-order valence-corrected chi connectivity index (χ3v) is 3.15. The molecule has 0 aliphatic carbocycles. The molecule has 1 N–H and O–H groups in total. The minimum Gasteiger partial charge on any atom is -0.382 e. The quantitative estimate of drug-likeness (QED) is 0.870. The largest absolute Gasteiger partial charge is 0.382 e. The van der Waals surface area contributed by atoms with E-state index in [1.54, 1.807) is 6.20 Å². The monoisotopic (exact) mass is 290 g/mol. The van der Waals surface area contributed by atoms with Crippen molar-refractivity contribution in [2.45, 2.75) is 6.92 Å². The van der Waals surface area contributed by atoms with Crippen LogP contribution in [0.5, 0.6) is 0 Å². The van der Waals surface area contributed by atoms with Gasteiger partial charge in [-0.05, 0) is 22.0 Å². The molecule has 0 bridgehead atoms. The Labute approximate surface area is 102 Å². The summed E-state index contributed by atoms with van der Waals surface area (Å²) in [7, 11) is 0. The molecular weight excluding hydrogens is 279 g/mol. The lowest BCUT2D eigenvalue weighted by Crippen LogP contribution is -2.45. The molecule has 1 fully saturated rings. The van der Waals surface area contributed by atoms with Crippen molar-refractivity contribution in [3.05, 3.63) is 21.9 Å². The molecule has 0 radical (unpaired) electrons. The van der Waals surface area contributed by atoms with Crippen LogP contribution in [0.1, 0.15) is 6.92 Å². The SMILES string of the molecule is CC1(CNc2cc(Br)cnc2Cl)COC1. The molecule has 0 atom stereocenters. The summed E-state index contributed by atoms with van der Waals surface area (Å²) in [6.07, 6.45) is 1.68. The molecule has 0 saturated carbocycles. The van der Waals surface area contributed by atoms with Crippen molar-refractivity contribution in [2.75, 3.05) is 25.1 Å². The number of nitrogens with zero attached hydrogens (tertiary/aromatic N) is 1. The summed E-state index contributed by atoms with van der Waals surface area (Å²) in [6, 6.07) is 1.93. The van der Waals surface area contributed by atoms with E-state index in [1.807, 2.05) is 6.07 Å². The van der Waals surface area contributed by atoms with E-state index >= 15 is 0 Å². The highest BCUT2D eigenvalue weighted by Gasteiger charge is 2.33. The van der Waals surface area contributed by atoms with Crippen LogP contribution in [-0.2, 0) is 4.74 Å². The summed E-state index contributed by atoms with van der Waals surface area (Å²) < 4.78 is 6.10. The molecule has 15 heavy (non-hydrogen) atoms. The van der Waals surface area contributed by atoms with Crippen molar-refractivity contribution >= 4 is 33.2 Å². The van der Waals surface area contributed by atoms with Crippen LogP contribution in [0, 0.1) is 5.41 Å². The first-order valence-corrected chi connectivity index (χ1v) is 5.89. The van der Waals surface area contributed by atoms with Gasteiger partial charge in [0.2, 0.25) is 0 Å². The average Bonchev–Trinajstić information content (AvgIpc) is 2.17. The molecule has 0 amide bonds. The second-order valence-electron chi connectivity index (χ2n) is 4.15. The Kier molecular flexibility index (Phi) is 3.19. The minimum atomic E-state index is 0.228. The fourth-order valence-electron chi connectivity index (χ4n) is 1.41. The lowest BCUT2D eigenvalue weighted by Gasteiger charge is -2.38. The van der Waals surface area contributed by atoms with Gasteiger partial charge in [0.1, 0.15) is 0 Å². The van der Waals surface area contributed by atoms with Gasteiger partial charge in [0, 0.05) is 22.6 Å². The van der Waals surface area contributed by atoms with Crippen molar-refractivity contribution in [2.24, 2.45) is 5.41 Å². The van der Waals surface area contributed by atoms with Crippen LogP contribution in [0.4, 0.5) is 5.69 Å². The van der Waals surface area contributed by atoms with Crippen molar-refractivity contribution in [1.29, 1.82) is 0 Å². The van der Waals surface area contributed by atoms with E-state index in [9.17, 15) is 0 Å². The average molecular weight is 292 g/mol. The van der Waals surface area contributed by atoms with Gasteiger partial charge in [-0.2, -0.15) is 0 Å². The molecule has 5 heteroatoms. The van der Waals surface area contributed by atoms with Crippen LogP contribution >= 0.6 is 27.5 Å². The topological polar surface area (TPSA) is 34.2 Å². The molecule has 2 heterocycles. The highest BCUT2D eigenvalue weighted by Crippen LogP contribution is 2.29. The summed E-state index contributed by atoms with van der Waals surface area (Å²) >= 11 is 9.32. The number of ether oxygens (including phenoxy) is 1. The first kappa shape index (κ1) is 11.2. The molecule has 1 aliphatic rings. The maximum absolute atomic E-state index is 5.96. The van der Waals surface area contributed by atoms with Crippen LogP contribution < -0.4 is 5.32 Å². The Morgan fingerprint density at radius 1 is 1.67 bits per heavy atom. The molecule has 1 saturated heterocycles. The summed E-state index contributed by atoms with van der Waals surface area (Å²) in [5, 5.41) is 3.79. The van der Waals surface area contributed by atoms with Gasteiger partial charge in [-0.3, -0.25) is 0 Å². The predicted molar refractivity (Wildman–Crippen MR) is 64.4 cm³/mol. The zero-order valence-corrected chi connectivity index (χ0v) is 10.7. The van der Waals surface area contributed by atoms with Crippen LogP contribution in [0.2, 0.25) is 5.15 Å². The number of rotatable bonds is 3. The van der Waals surface area contributed by atoms with Gasteiger partial charge >= 0.3 is 0 Å². The van der Waals surface area contributed by atoms with Gasteiger partial charge in [0.05, 0.1) is 18.9 Å². The zero-order chi connectivity index (χ0) is 10.9. The Morgan fingerprint density at radius 3 is 3.00 bits per heavy atom. The highest BCUT2D eigenvalue weighted by molar-refractivity contribution is 9.10. The van der Waals surface area contributed by atoms with Crippen LogP contribution in [0.25, 0.3) is 0 Å². The van der Waals surface area contributed by atoms with E-state index in [-0.39, 0.29) is 5.41 Å². The van der Waals surface area contributed by atoms with Gasteiger partial charge in [0.25, 0.3) is 0 Å². The summed E-state index contributed by atoms with van der Waals surface area (Å²) in [5.41, 5.74) is 1.09. The maximum Gasteiger partial charge on any atom is 0.152 e. The number of nitrogens with one attached hydrogen (secondary N) is 1. The maximum atomic E-state index is 5.96. The fourth-order valence-corrected chi connectivity index (χ4v) is 1.91. The molecule has 1 aromatic rings. The smallest absolute Gasteiger partial charge is 0.152 e. The lowest BCUT2D eigenvalue weighted by molar-refractivity contribution is -0.0924. The molecule has 1 aliphatic heterocycles. The summed E-state index contributed by atoms with van der Waals surface area (Å²) in [4.78, 5) is 4.05. The number of halogens is 2. The Hall–Kier alpha value is -0.320. The van der Waals surface area contributed by atoms with Crippen molar-refractivity contribution in [3.63, 3.8) is 0 Å². The van der Waals surface area contributed by atoms with E-state index in [4.69, 9.17) is 16.3 Å². The van der Waals surface area contributed by atoms with Crippen LogP contribution in [0.15, 0.2) is 16.7 Å². The van der Waals surface area contributed by atoms with E-state index in [2.05, 4.69) is 33.2 Å². The normalized spacial score (nSPS) is 18.3. The number of anilines is 1. The number of pyridine rings is 1. The second-order valence-corrected chi connectivity index (χ2v) is 5.42. The van der Waals surface area contributed by atoms with Gasteiger partial charge < -0.3 is 10.1 Å². The number of hydrogen-bond acceptors (Lipinski definition) is 3. The lowest BCUT2D eigenvalue weighted by atomic mass is 9.89.